The van der Waals surface area contributed by atoms with Crippen molar-refractivity contribution in [3.8, 4) is 0 Å². The summed E-state index contributed by atoms with van der Waals surface area (Å²) in [5.41, 5.74) is 1.53. The number of hydrogen-bond acceptors (Lipinski definition) is 8. The Morgan fingerprint density at radius 3 is 2.05 bits per heavy atom. The molecule has 2 amide bonds. The van der Waals surface area contributed by atoms with Crippen molar-refractivity contribution >= 4 is 39.1 Å². The smallest absolute Gasteiger partial charge is 0.359 e. The van der Waals surface area contributed by atoms with E-state index >= 15 is 0 Å². The number of carbonyl (C=O) groups excluding carboxylic acids is 3. The predicted octanol–water partition coefficient (Wildman–Crippen LogP) is 2.17. The summed E-state index contributed by atoms with van der Waals surface area (Å²) >= 11 is -1.89. The molecule has 3 aromatic carbocycles. The Kier molecular flexibility index (Phi) is 8.15. The van der Waals surface area contributed by atoms with E-state index in [1.54, 1.807) is 84.9 Å². The number of nitrogens with zero attached hydrogens (tertiary/aromatic N) is 1. The molecule has 1 N–H and O–H groups in total. The van der Waals surface area contributed by atoms with E-state index in [1.807, 2.05) is 6.07 Å². The van der Waals surface area contributed by atoms with E-state index in [1.165, 1.54) is 0 Å². The number of amides is 2. The number of carbonyl (C=O) groups is 3. The van der Waals surface area contributed by atoms with Crippen LogP contribution in [-0.4, -0.2) is 59.1 Å². The van der Waals surface area contributed by atoms with Crippen molar-refractivity contribution in [2.24, 2.45) is 0 Å². The Balaban J connectivity index is 1.44. The van der Waals surface area contributed by atoms with E-state index < -0.39 is 73.8 Å². The van der Waals surface area contributed by atoms with Crippen LogP contribution in [-0.2, 0) is 51.0 Å². The van der Waals surface area contributed by atoms with Crippen LogP contribution in [0.2, 0.25) is 0 Å². The lowest BCUT2D eigenvalue weighted by Crippen LogP contribution is -2.75. The molecule has 2 unspecified atom stereocenters. The van der Waals surface area contributed by atoms with Gasteiger partial charge in [0.25, 0.3) is 5.91 Å². The van der Waals surface area contributed by atoms with Gasteiger partial charge in [-0.15, -0.1) is 0 Å². The average molecular weight is 595 g/mol. The van der Waals surface area contributed by atoms with Crippen LogP contribution in [0.3, 0.4) is 0 Å². The number of β-lactam (4-membered cyclic amide) rings is 1. The van der Waals surface area contributed by atoms with Crippen molar-refractivity contribution in [2.45, 2.75) is 23.9 Å². The van der Waals surface area contributed by atoms with Gasteiger partial charge in [-0.05, 0) is 27.9 Å². The molecule has 0 radical (unpaired) electrons. The maximum atomic E-state index is 13.7. The summed E-state index contributed by atoms with van der Waals surface area (Å²) in [5, 5.41) is 1.49. The molecule has 3 atom stereocenters. The molecule has 2 aliphatic rings. The van der Waals surface area contributed by atoms with Gasteiger partial charge in [0.2, 0.25) is 11.3 Å². The van der Waals surface area contributed by atoms with Gasteiger partial charge < -0.3 is 18.8 Å². The van der Waals surface area contributed by atoms with Gasteiger partial charge in [0.15, 0.2) is 29.4 Å². The molecule has 0 saturated carbocycles. The third-order valence-corrected chi connectivity index (χ3v) is 8.56. The van der Waals surface area contributed by atoms with Gasteiger partial charge in [-0.2, -0.15) is 8.42 Å². The van der Waals surface area contributed by atoms with Crippen molar-refractivity contribution in [3.05, 3.63) is 119 Å². The lowest BCUT2D eigenvalue weighted by Gasteiger charge is -2.48. The highest BCUT2D eigenvalue weighted by atomic mass is 32.2. The van der Waals surface area contributed by atoms with E-state index in [9.17, 15) is 27.4 Å². The first kappa shape index (κ1) is 28.4. The van der Waals surface area contributed by atoms with Crippen LogP contribution < -0.4 is 5.32 Å². The van der Waals surface area contributed by atoms with Crippen LogP contribution in [0.25, 0.3) is 0 Å². The highest BCUT2D eigenvalue weighted by Crippen LogP contribution is 2.39. The Morgan fingerprint density at radius 2 is 1.51 bits per heavy atom. The Morgan fingerprint density at radius 1 is 0.976 bits per heavy atom. The van der Waals surface area contributed by atoms with E-state index in [4.69, 9.17) is 8.92 Å². The summed E-state index contributed by atoms with van der Waals surface area (Å²) < 4.78 is 48.2. The molecule has 1 fully saturated rings. The molecule has 12 heteroatoms. The van der Waals surface area contributed by atoms with Crippen LogP contribution in [0.1, 0.15) is 22.8 Å². The maximum absolute atomic E-state index is 13.7. The van der Waals surface area contributed by atoms with Gasteiger partial charge >= 0.3 is 16.1 Å². The fourth-order valence-electron chi connectivity index (χ4n) is 4.73. The first-order valence-electron chi connectivity index (χ1n) is 12.6. The quantitative estimate of drug-likeness (QED) is 0.172. The minimum Gasteiger partial charge on any atom is -0.614 e. The predicted molar refractivity (Wildman–Crippen MR) is 149 cm³/mol. The number of ether oxygens (including phenoxy) is 1. The zero-order valence-corrected chi connectivity index (χ0v) is 23.5. The van der Waals surface area contributed by atoms with Crippen LogP contribution in [0.15, 0.2) is 102 Å². The Hall–Kier alpha value is -4.13. The number of benzene rings is 3. The fourth-order valence-corrected chi connectivity index (χ4v) is 6.87. The monoisotopic (exact) mass is 594 g/mol. The van der Waals surface area contributed by atoms with Crippen molar-refractivity contribution in [1.29, 1.82) is 0 Å². The number of rotatable bonds is 9. The molecule has 3 aromatic rings. The van der Waals surface area contributed by atoms with Gasteiger partial charge in [0.1, 0.15) is 0 Å². The third kappa shape index (κ3) is 6.29. The molecule has 0 bridgehead atoms. The standard InChI is InChI=1S/C29H26N2O8S2/c1-41(36,37)39-22-18-40(35)28-24(30-23(32)17-19-11-5-2-6-12-19)27(33)31(28)25(22)29(34)38-26(20-13-7-3-8-14-20)21-15-9-4-10-16-21/h2-16,24,26,28H,17-18H2,1H3,(H,30,32)/t24?,28-,40?/m0/s1. The van der Waals surface area contributed by atoms with Gasteiger partial charge in [-0.1, -0.05) is 91.0 Å². The number of hydrogen-bond donors (Lipinski definition) is 1. The van der Waals surface area contributed by atoms with Crippen LogP contribution in [0.5, 0.6) is 0 Å². The summed E-state index contributed by atoms with van der Waals surface area (Å²) in [7, 11) is -4.16. The molecule has 2 aliphatic heterocycles. The van der Waals surface area contributed by atoms with Crippen molar-refractivity contribution in [2.75, 3.05) is 12.0 Å². The molecule has 0 aromatic heterocycles. The SMILES string of the molecule is CS(=O)(=O)OC1=C(C(=O)OC(c2ccccc2)c2ccccc2)N2C(=O)C(NC(=O)Cc3ccccc3)[C@@H]2[S+]([O-])C1. The minimum atomic E-state index is -4.16. The average Bonchev–Trinajstić information content (AvgIpc) is 2.95. The molecular weight excluding hydrogens is 568 g/mol. The summed E-state index contributed by atoms with van der Waals surface area (Å²) in [6.45, 7) is 0. The first-order valence-corrected chi connectivity index (χ1v) is 15.8. The zero-order valence-electron chi connectivity index (χ0n) is 21.8. The zero-order chi connectivity index (χ0) is 29.1. The molecule has 0 aliphatic carbocycles. The van der Waals surface area contributed by atoms with E-state index in [0.717, 1.165) is 16.7 Å². The molecule has 5 rings (SSSR count). The summed E-state index contributed by atoms with van der Waals surface area (Å²) in [6.07, 6.45) is -0.132. The molecule has 0 spiro atoms. The molecule has 41 heavy (non-hydrogen) atoms. The second kappa shape index (κ2) is 11.8. The lowest BCUT2D eigenvalue weighted by molar-refractivity contribution is -0.155. The van der Waals surface area contributed by atoms with Gasteiger partial charge in [-0.3, -0.25) is 14.5 Å². The highest BCUT2D eigenvalue weighted by Gasteiger charge is 2.62. The normalized spacial score (nSPS) is 20.2. The molecule has 1 saturated heterocycles. The van der Waals surface area contributed by atoms with Crippen molar-refractivity contribution in [1.82, 2.24) is 10.2 Å². The van der Waals surface area contributed by atoms with Gasteiger partial charge in [0, 0.05) is 0 Å². The number of nitrogens with one attached hydrogen (secondary N) is 1. The lowest BCUT2D eigenvalue weighted by atomic mass is 10.0. The van der Waals surface area contributed by atoms with E-state index in [2.05, 4.69) is 5.32 Å². The second-order valence-corrected chi connectivity index (χ2v) is 12.6. The summed E-state index contributed by atoms with van der Waals surface area (Å²) in [6, 6.07) is 25.5. The number of esters is 1. The van der Waals surface area contributed by atoms with Crippen molar-refractivity contribution in [3.63, 3.8) is 0 Å². The van der Waals surface area contributed by atoms with Crippen LogP contribution in [0.4, 0.5) is 0 Å². The van der Waals surface area contributed by atoms with Gasteiger partial charge in [-0.25, -0.2) is 4.79 Å². The summed E-state index contributed by atoms with van der Waals surface area (Å²) in [5.74, 6) is -3.18. The van der Waals surface area contributed by atoms with Gasteiger partial charge in [0.05, 0.1) is 12.7 Å². The molecule has 2 heterocycles. The van der Waals surface area contributed by atoms with E-state index in [0.29, 0.717) is 11.1 Å². The number of fused-ring (bicyclic) bond motifs is 1. The largest absolute Gasteiger partial charge is 0.614 e. The highest BCUT2D eigenvalue weighted by molar-refractivity contribution is 7.92. The van der Waals surface area contributed by atoms with E-state index in [-0.39, 0.29) is 6.42 Å². The Labute approximate surface area is 240 Å². The first-order chi connectivity index (χ1) is 19.6. The fraction of sp³-hybridized carbons (Fsp3) is 0.207. The Bertz CT molecular complexity index is 1540. The summed E-state index contributed by atoms with van der Waals surface area (Å²) in [4.78, 5) is 40.6. The maximum Gasteiger partial charge on any atom is 0.359 e. The molecule has 212 valence electrons. The van der Waals surface area contributed by atoms with Crippen LogP contribution in [0, 0.1) is 0 Å². The third-order valence-electron chi connectivity index (χ3n) is 6.49. The minimum absolute atomic E-state index is 0.00696. The van der Waals surface area contributed by atoms with Crippen LogP contribution >= 0.6 is 0 Å². The van der Waals surface area contributed by atoms with Crippen molar-refractivity contribution < 1.29 is 36.3 Å². The topological polar surface area (TPSA) is 142 Å². The molecular formula is C29H26N2O8S2. The molecule has 10 nitrogen and oxygen atoms in total. The second-order valence-electron chi connectivity index (χ2n) is 9.50.